The maximum Gasteiger partial charge on any atom is 0.246 e. The molecule has 2 aromatic rings. The predicted molar refractivity (Wildman–Crippen MR) is 60.9 cm³/mol. The number of nitrogens with zero attached hydrogens (tertiary/aromatic N) is 3. The van der Waals surface area contributed by atoms with E-state index < -0.39 is 6.04 Å². The van der Waals surface area contributed by atoms with Crippen LogP contribution in [0.1, 0.15) is 5.56 Å². The summed E-state index contributed by atoms with van der Waals surface area (Å²) in [6.45, 7) is 0. The fraction of sp³-hybridized carbons (Fsp3) is 0.200. The van der Waals surface area contributed by atoms with E-state index in [-0.39, 0.29) is 11.9 Å². The SMILES string of the molecule is N[C@@H](Cc1ccccc1)C(=O)Nc1nnn[nH]1. The third kappa shape index (κ3) is 3.08. The number of aromatic nitrogens is 4. The minimum Gasteiger partial charge on any atom is -0.320 e. The molecular formula is C10H12N6O. The number of benzene rings is 1. The zero-order valence-corrected chi connectivity index (χ0v) is 9.00. The van der Waals surface area contributed by atoms with Crippen LogP contribution in [0.15, 0.2) is 30.3 Å². The fourth-order valence-corrected chi connectivity index (χ4v) is 1.38. The van der Waals surface area contributed by atoms with E-state index in [4.69, 9.17) is 5.73 Å². The number of nitrogens with two attached hydrogens (primary N) is 1. The van der Waals surface area contributed by atoms with E-state index in [0.29, 0.717) is 6.42 Å². The van der Waals surface area contributed by atoms with Gasteiger partial charge >= 0.3 is 0 Å². The van der Waals surface area contributed by atoms with Gasteiger partial charge in [0.25, 0.3) is 0 Å². The molecule has 0 fully saturated rings. The van der Waals surface area contributed by atoms with Crippen molar-refractivity contribution in [2.24, 2.45) is 5.73 Å². The van der Waals surface area contributed by atoms with Crippen LogP contribution in [0.25, 0.3) is 0 Å². The van der Waals surface area contributed by atoms with Crippen LogP contribution >= 0.6 is 0 Å². The number of aromatic amines is 1. The molecule has 1 amide bonds. The second-order valence-corrected chi connectivity index (χ2v) is 3.54. The molecule has 0 aliphatic carbocycles. The molecule has 1 aromatic carbocycles. The van der Waals surface area contributed by atoms with Crippen LogP contribution in [-0.2, 0) is 11.2 Å². The van der Waals surface area contributed by atoms with Gasteiger partial charge in [0.1, 0.15) is 0 Å². The third-order valence-electron chi connectivity index (χ3n) is 2.22. The Balaban J connectivity index is 1.92. The molecule has 7 nitrogen and oxygen atoms in total. The van der Waals surface area contributed by atoms with Gasteiger partial charge in [0.2, 0.25) is 11.9 Å². The Labute approximate surface area is 97.4 Å². The number of nitrogens with one attached hydrogen (secondary N) is 2. The largest absolute Gasteiger partial charge is 0.320 e. The Kier molecular flexibility index (Phi) is 3.41. The standard InChI is InChI=1S/C10H12N6O/c11-8(6-7-4-2-1-3-5-7)9(17)12-10-13-15-16-14-10/h1-5,8H,6,11H2,(H2,12,13,14,15,16,17)/t8-/m0/s1. The van der Waals surface area contributed by atoms with Crippen LogP contribution in [0.3, 0.4) is 0 Å². The molecule has 0 saturated heterocycles. The first kappa shape index (κ1) is 11.2. The zero-order valence-electron chi connectivity index (χ0n) is 9.00. The summed E-state index contributed by atoms with van der Waals surface area (Å²) < 4.78 is 0. The maximum atomic E-state index is 11.7. The van der Waals surface area contributed by atoms with Crippen LogP contribution in [0.2, 0.25) is 0 Å². The van der Waals surface area contributed by atoms with E-state index >= 15 is 0 Å². The summed E-state index contributed by atoms with van der Waals surface area (Å²) >= 11 is 0. The van der Waals surface area contributed by atoms with Gasteiger partial charge in [0.05, 0.1) is 6.04 Å². The molecule has 0 aliphatic heterocycles. The maximum absolute atomic E-state index is 11.7. The normalized spacial score (nSPS) is 12.1. The van der Waals surface area contributed by atoms with Crippen LogP contribution in [0, 0.1) is 0 Å². The van der Waals surface area contributed by atoms with Crippen molar-refractivity contribution >= 4 is 11.9 Å². The van der Waals surface area contributed by atoms with Crippen LogP contribution in [0.4, 0.5) is 5.95 Å². The quantitative estimate of drug-likeness (QED) is 0.671. The first-order valence-electron chi connectivity index (χ1n) is 5.10. The monoisotopic (exact) mass is 232 g/mol. The molecule has 0 spiro atoms. The van der Waals surface area contributed by atoms with E-state index in [1.54, 1.807) is 0 Å². The van der Waals surface area contributed by atoms with Crippen LogP contribution in [0.5, 0.6) is 0 Å². The number of carbonyl (C=O) groups excluding carboxylic acids is 1. The number of hydrogen-bond donors (Lipinski definition) is 3. The smallest absolute Gasteiger partial charge is 0.246 e. The van der Waals surface area contributed by atoms with Gasteiger partial charge in [-0.2, -0.15) is 0 Å². The molecule has 88 valence electrons. The summed E-state index contributed by atoms with van der Waals surface area (Å²) in [7, 11) is 0. The van der Waals surface area contributed by atoms with Gasteiger partial charge in [0, 0.05) is 0 Å². The zero-order chi connectivity index (χ0) is 12.1. The lowest BCUT2D eigenvalue weighted by Crippen LogP contribution is -2.37. The highest BCUT2D eigenvalue weighted by Gasteiger charge is 2.15. The van der Waals surface area contributed by atoms with Crippen molar-refractivity contribution in [1.82, 2.24) is 20.6 Å². The number of anilines is 1. The number of hydrogen-bond acceptors (Lipinski definition) is 5. The van der Waals surface area contributed by atoms with E-state index in [1.165, 1.54) is 0 Å². The Hall–Kier alpha value is -2.28. The van der Waals surface area contributed by atoms with Gasteiger partial charge in [-0.25, -0.2) is 5.10 Å². The molecule has 0 aliphatic rings. The third-order valence-corrected chi connectivity index (χ3v) is 2.22. The number of carbonyl (C=O) groups is 1. The van der Waals surface area contributed by atoms with Crippen molar-refractivity contribution in [2.75, 3.05) is 5.32 Å². The Morgan fingerprint density at radius 1 is 1.41 bits per heavy atom. The van der Waals surface area contributed by atoms with Crippen molar-refractivity contribution in [3.8, 4) is 0 Å². The first-order valence-corrected chi connectivity index (χ1v) is 5.10. The summed E-state index contributed by atoms with van der Waals surface area (Å²) in [5.41, 5.74) is 6.78. The molecule has 7 heteroatoms. The van der Waals surface area contributed by atoms with E-state index in [9.17, 15) is 4.79 Å². The summed E-state index contributed by atoms with van der Waals surface area (Å²) in [6.07, 6.45) is 0.467. The molecule has 17 heavy (non-hydrogen) atoms. The number of tetrazole rings is 1. The molecule has 1 aromatic heterocycles. The number of H-pyrrole nitrogens is 1. The minimum absolute atomic E-state index is 0.193. The number of rotatable bonds is 4. The van der Waals surface area contributed by atoms with Crippen molar-refractivity contribution < 1.29 is 4.79 Å². The molecule has 0 unspecified atom stereocenters. The predicted octanol–water partition coefficient (Wildman–Crippen LogP) is -0.292. The van der Waals surface area contributed by atoms with Crippen molar-refractivity contribution in [2.45, 2.75) is 12.5 Å². The average molecular weight is 232 g/mol. The molecular weight excluding hydrogens is 220 g/mol. The Morgan fingerprint density at radius 3 is 2.82 bits per heavy atom. The van der Waals surface area contributed by atoms with Gasteiger partial charge < -0.3 is 5.73 Å². The highest BCUT2D eigenvalue weighted by molar-refractivity contribution is 5.93. The lowest BCUT2D eigenvalue weighted by Gasteiger charge is -2.10. The second kappa shape index (κ2) is 5.17. The fourth-order valence-electron chi connectivity index (χ4n) is 1.38. The van der Waals surface area contributed by atoms with Crippen molar-refractivity contribution in [3.63, 3.8) is 0 Å². The van der Waals surface area contributed by atoms with Crippen molar-refractivity contribution in [3.05, 3.63) is 35.9 Å². The highest BCUT2D eigenvalue weighted by atomic mass is 16.2. The first-order chi connectivity index (χ1) is 8.25. The Morgan fingerprint density at radius 2 is 2.18 bits per heavy atom. The summed E-state index contributed by atoms with van der Waals surface area (Å²) in [5.74, 6) is -0.133. The highest BCUT2D eigenvalue weighted by Crippen LogP contribution is 2.03. The second-order valence-electron chi connectivity index (χ2n) is 3.54. The van der Waals surface area contributed by atoms with Gasteiger partial charge in [-0.05, 0) is 22.4 Å². The number of amides is 1. The molecule has 1 atom stereocenters. The van der Waals surface area contributed by atoms with Gasteiger partial charge in [0.15, 0.2) is 0 Å². The Bertz CT molecular complexity index is 469. The molecule has 0 radical (unpaired) electrons. The van der Waals surface area contributed by atoms with Crippen molar-refractivity contribution in [1.29, 1.82) is 0 Å². The molecule has 0 saturated carbocycles. The molecule has 1 heterocycles. The van der Waals surface area contributed by atoms with E-state index in [0.717, 1.165) is 5.56 Å². The lowest BCUT2D eigenvalue weighted by atomic mass is 10.1. The topological polar surface area (TPSA) is 110 Å². The van der Waals surface area contributed by atoms with Gasteiger partial charge in [-0.15, -0.1) is 0 Å². The molecule has 4 N–H and O–H groups in total. The summed E-state index contributed by atoms with van der Waals surface area (Å²) in [6, 6.07) is 8.92. The van der Waals surface area contributed by atoms with Gasteiger partial charge in [-0.1, -0.05) is 35.4 Å². The minimum atomic E-state index is -0.637. The summed E-state index contributed by atoms with van der Waals surface area (Å²) in [5, 5.41) is 15.1. The summed E-state index contributed by atoms with van der Waals surface area (Å²) in [4.78, 5) is 11.7. The molecule has 2 rings (SSSR count). The van der Waals surface area contributed by atoms with Crippen LogP contribution in [-0.4, -0.2) is 32.6 Å². The van der Waals surface area contributed by atoms with E-state index in [2.05, 4.69) is 25.9 Å². The lowest BCUT2D eigenvalue weighted by molar-refractivity contribution is -0.117. The van der Waals surface area contributed by atoms with E-state index in [1.807, 2.05) is 30.3 Å². The average Bonchev–Trinajstić information content (AvgIpc) is 2.83. The molecule has 0 bridgehead atoms. The van der Waals surface area contributed by atoms with Gasteiger partial charge in [-0.3, -0.25) is 10.1 Å². The van der Waals surface area contributed by atoms with Crippen LogP contribution < -0.4 is 11.1 Å².